The molecular weight excluding hydrogens is 355 g/mol. The lowest BCUT2D eigenvalue weighted by Gasteiger charge is -2.34. The maximum absolute atomic E-state index is 13.3. The zero-order valence-corrected chi connectivity index (χ0v) is 15.3. The number of amides is 1. The van der Waals surface area contributed by atoms with Crippen LogP contribution in [0.1, 0.15) is 26.3 Å². The zero-order valence-electron chi connectivity index (χ0n) is 14.5. The van der Waals surface area contributed by atoms with Gasteiger partial charge in [0.2, 0.25) is 0 Å². The standard InChI is InChI=1S/C20H20ClFN2O2/c1-14-12-15(6-7-18(14)22)19(25)13-23-8-10-24(11-9-23)20(26)16-4-2-3-5-17(16)21/h2-7,12H,8-11,13H2,1H3. The summed E-state index contributed by atoms with van der Waals surface area (Å²) in [6.45, 7) is 4.22. The molecule has 26 heavy (non-hydrogen) atoms. The molecule has 2 aromatic carbocycles. The predicted molar refractivity (Wildman–Crippen MR) is 99.3 cm³/mol. The second kappa shape index (κ2) is 7.98. The molecule has 136 valence electrons. The van der Waals surface area contributed by atoms with E-state index in [-0.39, 0.29) is 24.1 Å². The first kappa shape index (κ1) is 18.5. The molecule has 0 saturated carbocycles. The van der Waals surface area contributed by atoms with E-state index in [4.69, 9.17) is 11.6 Å². The molecule has 1 aliphatic heterocycles. The number of rotatable bonds is 4. The molecule has 1 amide bonds. The van der Waals surface area contributed by atoms with Gasteiger partial charge >= 0.3 is 0 Å². The molecule has 0 unspecified atom stereocenters. The SMILES string of the molecule is Cc1cc(C(=O)CN2CCN(C(=O)c3ccccc3Cl)CC2)ccc1F. The fourth-order valence-corrected chi connectivity index (χ4v) is 3.24. The largest absolute Gasteiger partial charge is 0.336 e. The first-order chi connectivity index (χ1) is 12.5. The van der Waals surface area contributed by atoms with Crippen LogP contribution < -0.4 is 0 Å². The summed E-state index contributed by atoms with van der Waals surface area (Å²) in [7, 11) is 0. The van der Waals surface area contributed by atoms with Crippen LogP contribution >= 0.6 is 11.6 Å². The van der Waals surface area contributed by atoms with Crippen molar-refractivity contribution < 1.29 is 14.0 Å². The van der Waals surface area contributed by atoms with E-state index < -0.39 is 0 Å². The average Bonchev–Trinajstić information content (AvgIpc) is 2.64. The fourth-order valence-electron chi connectivity index (χ4n) is 3.03. The Labute approximate surface area is 157 Å². The molecular formula is C20H20ClFN2O2. The number of ketones is 1. The minimum absolute atomic E-state index is 0.0426. The smallest absolute Gasteiger partial charge is 0.255 e. The Bertz CT molecular complexity index is 832. The quantitative estimate of drug-likeness (QED) is 0.770. The van der Waals surface area contributed by atoms with Crippen LogP contribution in [0, 0.1) is 12.7 Å². The van der Waals surface area contributed by atoms with Gasteiger partial charge in [-0.1, -0.05) is 23.7 Å². The highest BCUT2D eigenvalue weighted by atomic mass is 35.5. The van der Waals surface area contributed by atoms with Gasteiger partial charge in [-0.3, -0.25) is 14.5 Å². The second-order valence-electron chi connectivity index (χ2n) is 6.44. The van der Waals surface area contributed by atoms with Gasteiger partial charge in [-0.05, 0) is 42.8 Å². The number of nitrogens with zero attached hydrogens (tertiary/aromatic N) is 2. The molecule has 0 N–H and O–H groups in total. The van der Waals surface area contributed by atoms with Gasteiger partial charge in [-0.2, -0.15) is 0 Å². The summed E-state index contributed by atoms with van der Waals surface area (Å²) >= 11 is 6.10. The van der Waals surface area contributed by atoms with E-state index >= 15 is 0 Å². The molecule has 1 saturated heterocycles. The van der Waals surface area contributed by atoms with Crippen molar-refractivity contribution in [2.75, 3.05) is 32.7 Å². The molecule has 1 heterocycles. The van der Waals surface area contributed by atoms with Crippen LogP contribution in [0.15, 0.2) is 42.5 Å². The third kappa shape index (κ3) is 4.11. The van der Waals surface area contributed by atoms with Gasteiger partial charge < -0.3 is 4.90 Å². The summed E-state index contributed by atoms with van der Waals surface area (Å²) in [6, 6.07) is 11.4. The number of aryl methyl sites for hydroxylation is 1. The normalized spacial score (nSPS) is 15.1. The van der Waals surface area contributed by atoms with Gasteiger partial charge in [0, 0.05) is 31.7 Å². The summed E-state index contributed by atoms with van der Waals surface area (Å²) in [4.78, 5) is 28.7. The molecule has 6 heteroatoms. The van der Waals surface area contributed by atoms with Gasteiger partial charge in [0.15, 0.2) is 5.78 Å². The Kier molecular flexibility index (Phi) is 5.69. The highest BCUT2D eigenvalue weighted by Crippen LogP contribution is 2.18. The van der Waals surface area contributed by atoms with Crippen molar-refractivity contribution in [3.05, 3.63) is 70.0 Å². The van der Waals surface area contributed by atoms with Gasteiger partial charge in [0.05, 0.1) is 17.1 Å². The number of carbonyl (C=O) groups excluding carboxylic acids is 2. The van der Waals surface area contributed by atoms with Crippen LogP contribution in [0.25, 0.3) is 0 Å². The summed E-state index contributed by atoms with van der Waals surface area (Å²) in [5.74, 6) is -0.442. The van der Waals surface area contributed by atoms with Crippen molar-refractivity contribution in [1.29, 1.82) is 0 Å². The summed E-state index contributed by atoms with van der Waals surface area (Å²) in [6.07, 6.45) is 0. The Morgan fingerprint density at radius 3 is 2.42 bits per heavy atom. The summed E-state index contributed by atoms with van der Waals surface area (Å²) in [5.41, 5.74) is 1.48. The number of Topliss-reactive ketones (excluding diaryl/α,β-unsaturated/α-hetero) is 1. The second-order valence-corrected chi connectivity index (χ2v) is 6.84. The molecule has 4 nitrogen and oxygen atoms in total. The van der Waals surface area contributed by atoms with Gasteiger partial charge in [0.1, 0.15) is 5.82 Å². The number of halogens is 2. The number of piperazine rings is 1. The minimum Gasteiger partial charge on any atom is -0.336 e. The van der Waals surface area contributed by atoms with Crippen molar-refractivity contribution in [2.24, 2.45) is 0 Å². The fraction of sp³-hybridized carbons (Fsp3) is 0.300. The lowest BCUT2D eigenvalue weighted by atomic mass is 10.1. The number of benzene rings is 2. The maximum atomic E-state index is 13.3. The van der Waals surface area contributed by atoms with E-state index in [1.807, 2.05) is 4.90 Å². The van der Waals surface area contributed by atoms with Crippen LogP contribution in [-0.2, 0) is 0 Å². The van der Waals surface area contributed by atoms with Crippen LogP contribution in [0.2, 0.25) is 5.02 Å². The predicted octanol–water partition coefficient (Wildman–Crippen LogP) is 3.43. The van der Waals surface area contributed by atoms with Crippen molar-refractivity contribution in [3.8, 4) is 0 Å². The average molecular weight is 375 g/mol. The molecule has 3 rings (SSSR count). The van der Waals surface area contributed by atoms with Crippen molar-refractivity contribution in [1.82, 2.24) is 9.80 Å². The van der Waals surface area contributed by atoms with E-state index in [9.17, 15) is 14.0 Å². The highest BCUT2D eigenvalue weighted by Gasteiger charge is 2.24. The van der Waals surface area contributed by atoms with Crippen LogP contribution in [0.3, 0.4) is 0 Å². The molecule has 0 radical (unpaired) electrons. The third-order valence-electron chi connectivity index (χ3n) is 4.61. The van der Waals surface area contributed by atoms with E-state index in [0.29, 0.717) is 47.9 Å². The molecule has 0 aliphatic carbocycles. The highest BCUT2D eigenvalue weighted by molar-refractivity contribution is 6.33. The van der Waals surface area contributed by atoms with Gasteiger partial charge in [0.25, 0.3) is 5.91 Å². The van der Waals surface area contributed by atoms with Crippen LogP contribution in [-0.4, -0.2) is 54.2 Å². The molecule has 0 atom stereocenters. The van der Waals surface area contributed by atoms with Gasteiger partial charge in [-0.25, -0.2) is 4.39 Å². The van der Waals surface area contributed by atoms with Gasteiger partial charge in [-0.15, -0.1) is 0 Å². The molecule has 0 aromatic heterocycles. The summed E-state index contributed by atoms with van der Waals surface area (Å²) < 4.78 is 13.3. The van der Waals surface area contributed by atoms with E-state index in [1.54, 1.807) is 42.2 Å². The van der Waals surface area contributed by atoms with E-state index in [1.165, 1.54) is 12.1 Å². The Morgan fingerprint density at radius 1 is 1.08 bits per heavy atom. The number of carbonyl (C=O) groups is 2. The lowest BCUT2D eigenvalue weighted by Crippen LogP contribution is -2.50. The van der Waals surface area contributed by atoms with Crippen LogP contribution in [0.4, 0.5) is 4.39 Å². The number of hydrogen-bond donors (Lipinski definition) is 0. The molecule has 1 aliphatic rings. The zero-order chi connectivity index (χ0) is 18.7. The number of hydrogen-bond acceptors (Lipinski definition) is 3. The third-order valence-corrected chi connectivity index (χ3v) is 4.94. The maximum Gasteiger partial charge on any atom is 0.255 e. The first-order valence-electron chi connectivity index (χ1n) is 8.51. The molecule has 0 bridgehead atoms. The Hall–Kier alpha value is -2.24. The topological polar surface area (TPSA) is 40.6 Å². The Balaban J connectivity index is 1.57. The van der Waals surface area contributed by atoms with Crippen LogP contribution in [0.5, 0.6) is 0 Å². The first-order valence-corrected chi connectivity index (χ1v) is 8.89. The monoisotopic (exact) mass is 374 g/mol. The van der Waals surface area contributed by atoms with Crippen molar-refractivity contribution in [3.63, 3.8) is 0 Å². The van der Waals surface area contributed by atoms with Crippen molar-refractivity contribution >= 4 is 23.3 Å². The Morgan fingerprint density at radius 2 is 1.77 bits per heavy atom. The van der Waals surface area contributed by atoms with E-state index in [2.05, 4.69) is 0 Å². The molecule has 0 spiro atoms. The molecule has 2 aromatic rings. The summed E-state index contributed by atoms with van der Waals surface area (Å²) in [5, 5.41) is 0.446. The minimum atomic E-state index is -0.312. The molecule has 1 fully saturated rings. The van der Waals surface area contributed by atoms with E-state index in [0.717, 1.165) is 0 Å². The van der Waals surface area contributed by atoms with Crippen molar-refractivity contribution in [2.45, 2.75) is 6.92 Å². The lowest BCUT2D eigenvalue weighted by molar-refractivity contribution is 0.0624.